The van der Waals surface area contributed by atoms with Crippen LogP contribution in [0.2, 0.25) is 0 Å². The van der Waals surface area contributed by atoms with E-state index in [9.17, 15) is 18.0 Å². The van der Waals surface area contributed by atoms with Crippen LogP contribution < -0.4 is 19.1 Å². The lowest BCUT2D eigenvalue weighted by Crippen LogP contribution is -2.55. The molecule has 3 rings (SSSR count). The average molecular weight is 596 g/mol. The van der Waals surface area contributed by atoms with Crippen molar-refractivity contribution in [1.82, 2.24) is 10.2 Å². The monoisotopic (exact) mass is 595 g/mol. The SMILES string of the molecule is CC[C@H](C(=O)NC(C)(C)C)N(Cc1ccc(OC)cc1)C(=O)CN(c1cc(C)ccc1OC)S(=O)(=O)c1ccccc1. The molecule has 3 aromatic carbocycles. The van der Waals surface area contributed by atoms with Gasteiger partial charge in [0.15, 0.2) is 0 Å². The van der Waals surface area contributed by atoms with Gasteiger partial charge in [0.25, 0.3) is 10.0 Å². The van der Waals surface area contributed by atoms with Crippen LogP contribution in [0.5, 0.6) is 11.5 Å². The summed E-state index contributed by atoms with van der Waals surface area (Å²) in [7, 11) is -1.19. The summed E-state index contributed by atoms with van der Waals surface area (Å²) in [6.07, 6.45) is 0.322. The van der Waals surface area contributed by atoms with Crippen molar-refractivity contribution in [3.8, 4) is 11.5 Å². The molecule has 10 heteroatoms. The Morgan fingerprint density at radius 2 is 1.57 bits per heavy atom. The Balaban J connectivity index is 2.12. The van der Waals surface area contributed by atoms with E-state index < -0.39 is 34.1 Å². The maximum Gasteiger partial charge on any atom is 0.264 e. The van der Waals surface area contributed by atoms with Crippen LogP contribution in [0, 0.1) is 6.92 Å². The molecule has 1 atom stereocenters. The van der Waals surface area contributed by atoms with Gasteiger partial charge in [0.2, 0.25) is 11.8 Å². The second-order valence-electron chi connectivity index (χ2n) is 11.0. The average Bonchev–Trinajstić information content (AvgIpc) is 2.95. The maximum absolute atomic E-state index is 14.3. The van der Waals surface area contributed by atoms with E-state index in [0.717, 1.165) is 15.4 Å². The lowest BCUT2D eigenvalue weighted by molar-refractivity contribution is -0.141. The first-order valence-corrected chi connectivity index (χ1v) is 15.2. The molecule has 0 aliphatic heterocycles. The van der Waals surface area contributed by atoms with Crippen LogP contribution in [0.25, 0.3) is 0 Å². The van der Waals surface area contributed by atoms with Gasteiger partial charge >= 0.3 is 0 Å². The van der Waals surface area contributed by atoms with Gasteiger partial charge in [-0.2, -0.15) is 0 Å². The van der Waals surface area contributed by atoms with Crippen molar-refractivity contribution in [2.75, 3.05) is 25.1 Å². The van der Waals surface area contributed by atoms with Crippen LogP contribution in [0.3, 0.4) is 0 Å². The lowest BCUT2D eigenvalue weighted by Gasteiger charge is -2.35. The van der Waals surface area contributed by atoms with Crippen LogP contribution in [-0.4, -0.2) is 57.5 Å². The van der Waals surface area contributed by atoms with E-state index >= 15 is 0 Å². The molecule has 0 aliphatic carbocycles. The summed E-state index contributed by atoms with van der Waals surface area (Å²) in [6.45, 7) is 8.79. The van der Waals surface area contributed by atoms with Gasteiger partial charge in [-0.3, -0.25) is 13.9 Å². The zero-order chi connectivity index (χ0) is 31.1. The highest BCUT2D eigenvalue weighted by Gasteiger charge is 2.35. The number of rotatable bonds is 12. The van der Waals surface area contributed by atoms with E-state index in [-0.39, 0.29) is 23.0 Å². The molecule has 9 nitrogen and oxygen atoms in total. The number of nitrogens with one attached hydrogen (secondary N) is 1. The Labute approximate surface area is 249 Å². The number of carbonyl (C=O) groups is 2. The number of hydrogen-bond acceptors (Lipinski definition) is 6. The fourth-order valence-electron chi connectivity index (χ4n) is 4.53. The fraction of sp³-hybridized carbons (Fsp3) is 0.375. The fourth-order valence-corrected chi connectivity index (χ4v) is 5.97. The van der Waals surface area contributed by atoms with Gasteiger partial charge in [0.05, 0.1) is 24.8 Å². The minimum absolute atomic E-state index is 0.0283. The third kappa shape index (κ3) is 8.03. The molecule has 0 fully saturated rings. The lowest BCUT2D eigenvalue weighted by atomic mass is 10.1. The molecule has 0 unspecified atom stereocenters. The summed E-state index contributed by atoms with van der Waals surface area (Å²) >= 11 is 0. The standard InChI is InChI=1S/C32H41N3O6S/c1-8-27(31(37)33-32(3,4)5)34(21-24-15-17-25(40-6)18-16-24)30(36)22-35(28-20-23(2)14-19-29(28)41-7)42(38,39)26-12-10-9-11-13-26/h9-20,27H,8,21-22H2,1-7H3,(H,33,37)/t27-/m1/s1. The highest BCUT2D eigenvalue weighted by Crippen LogP contribution is 2.34. The van der Waals surface area contributed by atoms with Crippen molar-refractivity contribution >= 4 is 27.5 Å². The number of hydrogen-bond donors (Lipinski definition) is 1. The predicted molar refractivity (Wildman–Crippen MR) is 164 cm³/mol. The number of benzene rings is 3. The van der Waals surface area contributed by atoms with Crippen LogP contribution in [0.15, 0.2) is 77.7 Å². The van der Waals surface area contributed by atoms with Crippen LogP contribution in [-0.2, 0) is 26.2 Å². The predicted octanol–water partition coefficient (Wildman–Crippen LogP) is 4.93. The molecule has 2 amide bonds. The number of nitrogens with zero attached hydrogens (tertiary/aromatic N) is 2. The smallest absolute Gasteiger partial charge is 0.264 e. The van der Waals surface area contributed by atoms with E-state index in [4.69, 9.17) is 9.47 Å². The number of carbonyl (C=O) groups excluding carboxylic acids is 2. The topological polar surface area (TPSA) is 105 Å². The highest BCUT2D eigenvalue weighted by molar-refractivity contribution is 7.92. The van der Waals surface area contributed by atoms with Crippen molar-refractivity contribution in [3.63, 3.8) is 0 Å². The van der Waals surface area contributed by atoms with Gasteiger partial charge in [-0.05, 0) is 81.6 Å². The summed E-state index contributed by atoms with van der Waals surface area (Å²) in [4.78, 5) is 29.2. The van der Waals surface area contributed by atoms with Crippen molar-refractivity contribution in [1.29, 1.82) is 0 Å². The van der Waals surface area contributed by atoms with Gasteiger partial charge in [-0.15, -0.1) is 0 Å². The minimum Gasteiger partial charge on any atom is -0.497 e. The van der Waals surface area contributed by atoms with Gasteiger partial charge < -0.3 is 19.7 Å². The van der Waals surface area contributed by atoms with E-state index in [2.05, 4.69) is 5.32 Å². The van der Waals surface area contributed by atoms with Crippen LogP contribution >= 0.6 is 0 Å². The van der Waals surface area contributed by atoms with Crippen molar-refractivity contribution < 1.29 is 27.5 Å². The molecule has 0 radical (unpaired) electrons. The summed E-state index contributed by atoms with van der Waals surface area (Å²) < 4.78 is 40.0. The molecule has 1 N–H and O–H groups in total. The molecular formula is C32H41N3O6S. The summed E-state index contributed by atoms with van der Waals surface area (Å²) in [5, 5.41) is 2.97. The molecule has 42 heavy (non-hydrogen) atoms. The van der Waals surface area contributed by atoms with Gasteiger partial charge in [0, 0.05) is 12.1 Å². The maximum atomic E-state index is 14.3. The Bertz CT molecular complexity index is 1470. The second kappa shape index (κ2) is 13.7. The molecule has 0 saturated carbocycles. The summed E-state index contributed by atoms with van der Waals surface area (Å²) in [6, 6.07) is 19.4. The first-order valence-electron chi connectivity index (χ1n) is 13.8. The Morgan fingerprint density at radius 3 is 2.12 bits per heavy atom. The van der Waals surface area contributed by atoms with E-state index in [1.165, 1.54) is 24.1 Å². The molecule has 3 aromatic rings. The number of amides is 2. The Kier molecular flexibility index (Phi) is 10.6. The third-order valence-corrected chi connectivity index (χ3v) is 8.38. The van der Waals surface area contributed by atoms with E-state index in [1.807, 2.05) is 46.8 Å². The third-order valence-electron chi connectivity index (χ3n) is 6.61. The van der Waals surface area contributed by atoms with Gasteiger partial charge in [-0.25, -0.2) is 8.42 Å². The number of sulfonamides is 1. The Morgan fingerprint density at radius 1 is 0.929 bits per heavy atom. The van der Waals surface area contributed by atoms with Gasteiger partial charge in [0.1, 0.15) is 24.1 Å². The number of methoxy groups -OCH3 is 2. The zero-order valence-corrected chi connectivity index (χ0v) is 26.2. The quantitative estimate of drug-likeness (QED) is 0.318. The minimum atomic E-state index is -4.21. The summed E-state index contributed by atoms with van der Waals surface area (Å²) in [5.74, 6) is 0.0928. The molecule has 0 bridgehead atoms. The largest absolute Gasteiger partial charge is 0.497 e. The number of aryl methyl sites for hydroxylation is 1. The molecule has 226 valence electrons. The van der Waals surface area contributed by atoms with Crippen molar-refractivity contribution in [3.05, 3.63) is 83.9 Å². The number of ether oxygens (including phenoxy) is 2. The number of anilines is 1. The van der Waals surface area contributed by atoms with Crippen molar-refractivity contribution in [2.45, 2.75) is 64.1 Å². The normalized spacial score (nSPS) is 12.3. The first-order chi connectivity index (χ1) is 19.8. The Hall–Kier alpha value is -4.05. The molecule has 0 heterocycles. The van der Waals surface area contributed by atoms with Gasteiger partial charge in [-0.1, -0.05) is 43.3 Å². The van der Waals surface area contributed by atoms with E-state index in [0.29, 0.717) is 17.9 Å². The molecule has 0 spiro atoms. The molecule has 0 aliphatic rings. The highest BCUT2D eigenvalue weighted by atomic mass is 32.2. The summed E-state index contributed by atoms with van der Waals surface area (Å²) in [5.41, 5.74) is 1.25. The molecule has 0 saturated heterocycles. The van der Waals surface area contributed by atoms with E-state index in [1.54, 1.807) is 55.6 Å². The first kappa shape index (κ1) is 32.5. The second-order valence-corrected chi connectivity index (χ2v) is 12.9. The molecule has 0 aromatic heterocycles. The van der Waals surface area contributed by atoms with Crippen LogP contribution in [0.1, 0.15) is 45.2 Å². The van der Waals surface area contributed by atoms with Crippen molar-refractivity contribution in [2.24, 2.45) is 0 Å². The van der Waals surface area contributed by atoms with Crippen LogP contribution in [0.4, 0.5) is 5.69 Å². The molecular weight excluding hydrogens is 554 g/mol. The zero-order valence-electron chi connectivity index (χ0n) is 25.4.